The van der Waals surface area contributed by atoms with Gasteiger partial charge in [-0.3, -0.25) is 0 Å². The molecule has 1 saturated heterocycles. The van der Waals surface area contributed by atoms with Gasteiger partial charge in [0.15, 0.2) is 5.58 Å². The van der Waals surface area contributed by atoms with E-state index in [4.69, 9.17) is 16.1 Å². The summed E-state index contributed by atoms with van der Waals surface area (Å²) < 4.78 is 33.2. The number of nitrogens with one attached hydrogen (secondary N) is 1. The molecule has 1 aliphatic heterocycles. The summed E-state index contributed by atoms with van der Waals surface area (Å²) in [7, 11) is -3.55. The van der Waals surface area contributed by atoms with Crippen LogP contribution in [0.25, 0.3) is 11.0 Å². The van der Waals surface area contributed by atoms with E-state index in [0.29, 0.717) is 11.6 Å². The normalized spacial score (nSPS) is 18.1. The highest BCUT2D eigenvalue weighted by atomic mass is 35.5. The largest absolute Gasteiger partial charge is 0.356 e. The van der Waals surface area contributed by atoms with Crippen LogP contribution in [0.4, 0.5) is 0 Å². The zero-order valence-corrected chi connectivity index (χ0v) is 16.9. The van der Waals surface area contributed by atoms with Crippen LogP contribution >= 0.6 is 11.6 Å². The molecule has 1 aromatic heterocycles. The summed E-state index contributed by atoms with van der Waals surface area (Å²) in [5.74, 6) is 0. The highest BCUT2D eigenvalue weighted by molar-refractivity contribution is 7.89. The fraction of sp³-hybridized carbons (Fsp3) is 0.350. The second-order valence-corrected chi connectivity index (χ2v) is 9.24. The van der Waals surface area contributed by atoms with Crippen LogP contribution in [0.2, 0.25) is 5.02 Å². The van der Waals surface area contributed by atoms with Crippen LogP contribution in [-0.2, 0) is 16.4 Å². The number of likely N-dealkylation sites (tertiary alicyclic amines) is 1. The van der Waals surface area contributed by atoms with Crippen molar-refractivity contribution in [2.24, 2.45) is 0 Å². The third-order valence-electron chi connectivity index (χ3n) is 5.04. The molecule has 28 heavy (non-hydrogen) atoms. The first-order valence-electron chi connectivity index (χ1n) is 9.35. The van der Waals surface area contributed by atoms with E-state index in [-0.39, 0.29) is 10.9 Å². The predicted molar refractivity (Wildman–Crippen MR) is 109 cm³/mol. The van der Waals surface area contributed by atoms with Crippen LogP contribution in [-0.4, -0.2) is 44.2 Å². The Morgan fingerprint density at radius 2 is 2.07 bits per heavy atom. The number of halogens is 1. The molecule has 0 unspecified atom stereocenters. The SMILES string of the molecule is O=S(=O)(N[C@H]1CCN(CCCc2noc3ccccc23)C1)c1cccc(Cl)c1. The lowest BCUT2D eigenvalue weighted by Gasteiger charge is -2.16. The summed E-state index contributed by atoms with van der Waals surface area (Å²) in [4.78, 5) is 2.49. The van der Waals surface area contributed by atoms with Crippen molar-refractivity contribution in [1.82, 2.24) is 14.8 Å². The molecule has 1 N–H and O–H groups in total. The molecule has 2 aromatic carbocycles. The van der Waals surface area contributed by atoms with Gasteiger partial charge in [-0.25, -0.2) is 13.1 Å². The molecule has 2 heterocycles. The summed E-state index contributed by atoms with van der Waals surface area (Å²) in [5, 5.41) is 5.65. The predicted octanol–water partition coefficient (Wildman–Crippen LogP) is 3.47. The molecule has 148 valence electrons. The van der Waals surface area contributed by atoms with Crippen LogP contribution in [0.5, 0.6) is 0 Å². The van der Waals surface area contributed by atoms with Gasteiger partial charge >= 0.3 is 0 Å². The Morgan fingerprint density at radius 1 is 1.21 bits per heavy atom. The summed E-state index contributed by atoms with van der Waals surface area (Å²) in [6.45, 7) is 2.48. The van der Waals surface area contributed by atoms with Crippen LogP contribution < -0.4 is 4.72 Å². The Balaban J connectivity index is 1.28. The molecular formula is C20H22ClN3O3S. The van der Waals surface area contributed by atoms with Gasteiger partial charge < -0.3 is 9.42 Å². The Kier molecular flexibility index (Phi) is 5.68. The van der Waals surface area contributed by atoms with E-state index in [1.54, 1.807) is 18.2 Å². The van der Waals surface area contributed by atoms with Gasteiger partial charge in [-0.2, -0.15) is 0 Å². The Hall–Kier alpha value is -1.93. The Bertz CT molecular complexity index is 1070. The Morgan fingerprint density at radius 3 is 2.93 bits per heavy atom. The average molecular weight is 420 g/mol. The van der Waals surface area contributed by atoms with Gasteiger partial charge in [-0.1, -0.05) is 35.0 Å². The maximum atomic E-state index is 12.5. The highest BCUT2D eigenvalue weighted by Crippen LogP contribution is 2.20. The summed E-state index contributed by atoms with van der Waals surface area (Å²) in [5.41, 5.74) is 1.79. The topological polar surface area (TPSA) is 75.4 Å². The molecule has 0 amide bonds. The first-order valence-corrected chi connectivity index (χ1v) is 11.2. The second-order valence-electron chi connectivity index (χ2n) is 7.09. The summed E-state index contributed by atoms with van der Waals surface area (Å²) >= 11 is 5.91. The zero-order chi connectivity index (χ0) is 19.6. The van der Waals surface area contributed by atoms with Crippen molar-refractivity contribution in [2.75, 3.05) is 19.6 Å². The van der Waals surface area contributed by atoms with E-state index in [1.807, 2.05) is 24.3 Å². The molecule has 1 atom stereocenters. The first-order chi connectivity index (χ1) is 13.5. The fourth-order valence-electron chi connectivity index (χ4n) is 3.64. The maximum Gasteiger partial charge on any atom is 0.240 e. The molecule has 0 saturated carbocycles. The van der Waals surface area contributed by atoms with E-state index in [1.165, 1.54) is 6.07 Å². The van der Waals surface area contributed by atoms with Gasteiger partial charge in [0.05, 0.1) is 10.6 Å². The van der Waals surface area contributed by atoms with Crippen molar-refractivity contribution >= 4 is 32.6 Å². The van der Waals surface area contributed by atoms with E-state index >= 15 is 0 Å². The van der Waals surface area contributed by atoms with E-state index in [9.17, 15) is 8.42 Å². The first kappa shape index (κ1) is 19.4. The van der Waals surface area contributed by atoms with Crippen LogP contribution in [0.3, 0.4) is 0 Å². The van der Waals surface area contributed by atoms with Gasteiger partial charge in [0.2, 0.25) is 10.0 Å². The van der Waals surface area contributed by atoms with Crippen LogP contribution in [0.1, 0.15) is 18.5 Å². The van der Waals surface area contributed by atoms with Crippen molar-refractivity contribution < 1.29 is 12.9 Å². The zero-order valence-electron chi connectivity index (χ0n) is 15.3. The van der Waals surface area contributed by atoms with Crippen LogP contribution in [0, 0.1) is 0 Å². The summed E-state index contributed by atoms with van der Waals surface area (Å²) in [6, 6.07) is 14.1. The number of hydrogen-bond acceptors (Lipinski definition) is 5. The van der Waals surface area contributed by atoms with E-state index in [0.717, 1.165) is 49.0 Å². The number of aromatic nitrogens is 1. The number of hydrogen-bond donors (Lipinski definition) is 1. The lowest BCUT2D eigenvalue weighted by Crippen LogP contribution is -2.37. The third-order valence-corrected chi connectivity index (χ3v) is 6.79. The number of sulfonamides is 1. The number of rotatable bonds is 7. The number of nitrogens with zero attached hydrogens (tertiary/aromatic N) is 2. The smallest absolute Gasteiger partial charge is 0.240 e. The molecule has 0 spiro atoms. The molecule has 3 aromatic rings. The molecule has 0 bridgehead atoms. The monoisotopic (exact) mass is 419 g/mol. The van der Waals surface area contributed by atoms with E-state index < -0.39 is 10.0 Å². The average Bonchev–Trinajstić information content (AvgIpc) is 3.29. The van der Waals surface area contributed by atoms with Crippen molar-refractivity contribution in [3.05, 3.63) is 59.2 Å². The molecule has 4 rings (SSSR count). The fourth-order valence-corrected chi connectivity index (χ4v) is 5.20. The molecule has 1 aliphatic rings. The molecule has 8 heteroatoms. The molecule has 0 aliphatic carbocycles. The standard InChI is InChI=1S/C20H22ClN3O3S/c21-15-5-3-6-17(13-15)28(25,26)23-16-10-12-24(14-16)11-4-8-19-18-7-1-2-9-20(18)27-22-19/h1-3,5-7,9,13,16,23H,4,8,10-12,14H2/t16-/m0/s1. The van der Waals surface area contributed by atoms with Crippen LogP contribution in [0.15, 0.2) is 57.9 Å². The van der Waals surface area contributed by atoms with Crippen molar-refractivity contribution in [3.8, 4) is 0 Å². The lowest BCUT2D eigenvalue weighted by molar-refractivity contribution is 0.326. The summed E-state index contributed by atoms with van der Waals surface area (Å²) in [6.07, 6.45) is 2.59. The number of para-hydroxylation sites is 1. The minimum absolute atomic E-state index is 0.0862. The van der Waals surface area contributed by atoms with Crippen molar-refractivity contribution in [2.45, 2.75) is 30.2 Å². The second kappa shape index (κ2) is 8.21. The number of fused-ring (bicyclic) bond motifs is 1. The third kappa shape index (κ3) is 4.38. The highest BCUT2D eigenvalue weighted by Gasteiger charge is 2.27. The van der Waals surface area contributed by atoms with Gasteiger partial charge in [0, 0.05) is 23.0 Å². The molecule has 1 fully saturated rings. The quantitative estimate of drug-likeness (QED) is 0.634. The minimum atomic E-state index is -3.55. The molecule has 0 radical (unpaired) electrons. The van der Waals surface area contributed by atoms with Gasteiger partial charge in [0.25, 0.3) is 0 Å². The minimum Gasteiger partial charge on any atom is -0.356 e. The number of aryl methyl sites for hydroxylation is 1. The van der Waals surface area contributed by atoms with E-state index in [2.05, 4.69) is 14.8 Å². The maximum absolute atomic E-state index is 12.5. The van der Waals surface area contributed by atoms with Gasteiger partial charge in [-0.05, 0) is 62.7 Å². The molecular weight excluding hydrogens is 398 g/mol. The lowest BCUT2D eigenvalue weighted by atomic mass is 10.1. The Labute approximate surface area is 169 Å². The van der Waals surface area contributed by atoms with Crippen molar-refractivity contribution in [1.29, 1.82) is 0 Å². The van der Waals surface area contributed by atoms with Gasteiger partial charge in [0.1, 0.15) is 0 Å². The molecule has 6 nitrogen and oxygen atoms in total. The van der Waals surface area contributed by atoms with Crippen molar-refractivity contribution in [3.63, 3.8) is 0 Å². The van der Waals surface area contributed by atoms with Gasteiger partial charge in [-0.15, -0.1) is 0 Å². The number of benzene rings is 2.